The van der Waals surface area contributed by atoms with Gasteiger partial charge in [0.2, 0.25) is 0 Å². The molecule has 0 radical (unpaired) electrons. The van der Waals surface area contributed by atoms with Gasteiger partial charge in [0.1, 0.15) is 0 Å². The van der Waals surface area contributed by atoms with Gasteiger partial charge in [0.15, 0.2) is 0 Å². The third-order valence-corrected chi connectivity index (χ3v) is 8.80. The van der Waals surface area contributed by atoms with E-state index < -0.39 is 0 Å². The minimum Gasteiger partial charge on any atom is -0.308 e. The minimum atomic E-state index is 0.438. The van der Waals surface area contributed by atoms with Crippen molar-refractivity contribution in [3.05, 3.63) is 0 Å². The Kier molecular flexibility index (Phi) is 5.61. The molecule has 136 valence electrons. The minimum absolute atomic E-state index is 0.438. The first-order chi connectivity index (χ1) is 10.5. The van der Waals surface area contributed by atoms with E-state index in [1.807, 2.05) is 0 Å². The summed E-state index contributed by atoms with van der Waals surface area (Å²) in [6.45, 7) is 22.0. The predicted molar refractivity (Wildman–Crippen MR) is 103 cm³/mol. The summed E-state index contributed by atoms with van der Waals surface area (Å²) in [6.07, 6.45) is 5.50. The van der Waals surface area contributed by atoms with Crippen LogP contribution in [0.25, 0.3) is 0 Å². The Hall–Kier alpha value is -0.0400. The number of nitrogens with one attached hydrogen (secondary N) is 1. The summed E-state index contributed by atoms with van der Waals surface area (Å²) < 4.78 is 0. The average molecular weight is 322 g/mol. The van der Waals surface area contributed by atoms with E-state index in [9.17, 15) is 0 Å². The zero-order valence-corrected chi connectivity index (χ0v) is 17.4. The summed E-state index contributed by atoms with van der Waals surface area (Å²) in [5.74, 6) is 5.15. The molecule has 0 bridgehead atoms. The molecule has 0 spiro atoms. The Morgan fingerprint density at radius 1 is 1.04 bits per heavy atom. The van der Waals surface area contributed by atoms with Crippen molar-refractivity contribution in [2.45, 2.75) is 99.6 Å². The van der Waals surface area contributed by atoms with Crippen LogP contribution in [0.15, 0.2) is 0 Å². The lowest BCUT2D eigenvalue weighted by molar-refractivity contribution is 0.0401. The molecule has 2 rings (SSSR count). The maximum atomic E-state index is 4.04. The summed E-state index contributed by atoms with van der Waals surface area (Å²) in [5.41, 5.74) is 0.910. The van der Waals surface area contributed by atoms with Crippen molar-refractivity contribution in [3.8, 4) is 0 Å². The van der Waals surface area contributed by atoms with Crippen LogP contribution in [0.3, 0.4) is 0 Å². The van der Waals surface area contributed by atoms with Gasteiger partial charge in [-0.3, -0.25) is 0 Å². The Morgan fingerprint density at radius 2 is 1.61 bits per heavy atom. The maximum Gasteiger partial charge on any atom is 0.0188 e. The van der Waals surface area contributed by atoms with E-state index in [-0.39, 0.29) is 0 Å². The fourth-order valence-corrected chi connectivity index (χ4v) is 5.00. The predicted octanol–water partition coefficient (Wildman–Crippen LogP) is 6.13. The van der Waals surface area contributed by atoms with Crippen molar-refractivity contribution in [2.24, 2.45) is 40.9 Å². The second-order valence-electron chi connectivity index (χ2n) is 10.2. The van der Waals surface area contributed by atoms with Gasteiger partial charge >= 0.3 is 0 Å². The van der Waals surface area contributed by atoms with Gasteiger partial charge in [-0.05, 0) is 67.1 Å². The molecule has 0 aliphatic heterocycles. The van der Waals surface area contributed by atoms with Crippen molar-refractivity contribution in [3.63, 3.8) is 0 Å². The average Bonchev–Trinajstić information content (AvgIpc) is 3.18. The lowest BCUT2D eigenvalue weighted by Crippen LogP contribution is -2.58. The van der Waals surface area contributed by atoms with Crippen LogP contribution in [0.5, 0.6) is 0 Å². The second-order valence-corrected chi connectivity index (χ2v) is 10.2. The lowest BCUT2D eigenvalue weighted by Gasteiger charge is -2.49. The third kappa shape index (κ3) is 3.65. The summed E-state index contributed by atoms with van der Waals surface area (Å²) in [4.78, 5) is 0. The first-order valence-corrected chi connectivity index (χ1v) is 10.3. The zero-order valence-electron chi connectivity index (χ0n) is 17.4. The largest absolute Gasteiger partial charge is 0.308 e. The van der Waals surface area contributed by atoms with Crippen LogP contribution < -0.4 is 5.32 Å². The number of rotatable bonds is 8. The van der Waals surface area contributed by atoms with E-state index in [1.54, 1.807) is 0 Å². The van der Waals surface area contributed by atoms with Crippen LogP contribution in [0.2, 0.25) is 0 Å². The maximum absolute atomic E-state index is 4.04. The van der Waals surface area contributed by atoms with Crippen molar-refractivity contribution in [1.29, 1.82) is 0 Å². The molecule has 0 aromatic rings. The fraction of sp³-hybridized carbons (Fsp3) is 1.00. The Morgan fingerprint density at radius 3 is 2.13 bits per heavy atom. The lowest BCUT2D eigenvalue weighted by atomic mass is 9.63. The van der Waals surface area contributed by atoms with Gasteiger partial charge in [0.25, 0.3) is 0 Å². The van der Waals surface area contributed by atoms with Crippen molar-refractivity contribution in [2.75, 3.05) is 0 Å². The van der Waals surface area contributed by atoms with Crippen LogP contribution in [-0.4, -0.2) is 11.6 Å². The van der Waals surface area contributed by atoms with Crippen molar-refractivity contribution in [1.82, 2.24) is 5.32 Å². The van der Waals surface area contributed by atoms with Gasteiger partial charge in [0.05, 0.1) is 0 Å². The molecule has 23 heavy (non-hydrogen) atoms. The quantitative estimate of drug-likeness (QED) is 0.566. The highest BCUT2D eigenvalue weighted by atomic mass is 15.1. The Labute approximate surface area is 146 Å². The van der Waals surface area contributed by atoms with Crippen molar-refractivity contribution >= 4 is 0 Å². The number of hydrogen-bond donors (Lipinski definition) is 1. The monoisotopic (exact) mass is 321 g/mol. The van der Waals surface area contributed by atoms with Gasteiger partial charge < -0.3 is 5.32 Å². The SMILES string of the molecule is CCC(C)C(C)(C)[C@@H](C)CCC1CC1(C)NC1[C@H](C)C(C)[C@@H]1C. The molecule has 0 amide bonds. The molecule has 0 aromatic heterocycles. The molecule has 8 atom stereocenters. The first kappa shape index (κ1) is 19.3. The van der Waals surface area contributed by atoms with E-state index in [2.05, 4.69) is 67.6 Å². The Bertz CT molecular complexity index is 391. The fourth-order valence-electron chi connectivity index (χ4n) is 5.00. The topological polar surface area (TPSA) is 12.0 Å². The first-order valence-electron chi connectivity index (χ1n) is 10.3. The van der Waals surface area contributed by atoms with E-state index in [0.29, 0.717) is 11.0 Å². The Balaban J connectivity index is 1.78. The molecular weight excluding hydrogens is 278 g/mol. The molecule has 0 heterocycles. The summed E-state index contributed by atoms with van der Waals surface area (Å²) >= 11 is 0. The standard InChI is InChI=1S/C22H43N/c1-10-14(2)21(7,8)15(3)11-12-19-13-22(19,9)23-20-17(5)16(4)18(20)6/h14-20,23H,10-13H2,1-9H3/t14?,15-,16?,17-,18+,19?,20?,22?/m0/s1. The highest BCUT2D eigenvalue weighted by Gasteiger charge is 2.54. The molecular formula is C22H43N. The normalized spacial score (nSPS) is 42.9. The molecule has 1 heteroatoms. The molecule has 2 fully saturated rings. The summed E-state index contributed by atoms with van der Waals surface area (Å²) in [6, 6.07) is 0.758. The van der Waals surface area contributed by atoms with Gasteiger partial charge in [-0.15, -0.1) is 0 Å². The van der Waals surface area contributed by atoms with Crippen LogP contribution in [0.4, 0.5) is 0 Å². The molecule has 0 saturated heterocycles. The molecule has 2 aliphatic carbocycles. The molecule has 2 aliphatic rings. The van der Waals surface area contributed by atoms with E-state index >= 15 is 0 Å². The highest BCUT2D eigenvalue weighted by Crippen LogP contribution is 2.51. The van der Waals surface area contributed by atoms with Crippen LogP contribution in [0.1, 0.15) is 88.0 Å². The van der Waals surface area contributed by atoms with Gasteiger partial charge in [0, 0.05) is 11.6 Å². The molecule has 1 nitrogen and oxygen atoms in total. The van der Waals surface area contributed by atoms with Gasteiger partial charge in [-0.25, -0.2) is 0 Å². The number of hydrogen-bond acceptors (Lipinski definition) is 1. The van der Waals surface area contributed by atoms with Crippen LogP contribution in [0, 0.1) is 40.9 Å². The zero-order chi connectivity index (χ0) is 17.6. The van der Waals surface area contributed by atoms with E-state index in [0.717, 1.165) is 41.5 Å². The molecule has 5 unspecified atom stereocenters. The van der Waals surface area contributed by atoms with Crippen LogP contribution >= 0.6 is 0 Å². The van der Waals surface area contributed by atoms with Crippen LogP contribution in [-0.2, 0) is 0 Å². The van der Waals surface area contributed by atoms with Gasteiger partial charge in [-0.1, -0.05) is 61.8 Å². The highest BCUT2D eigenvalue weighted by molar-refractivity contribution is 5.11. The summed E-state index contributed by atoms with van der Waals surface area (Å²) in [5, 5.41) is 4.04. The smallest absolute Gasteiger partial charge is 0.0188 e. The van der Waals surface area contributed by atoms with Gasteiger partial charge in [-0.2, -0.15) is 0 Å². The van der Waals surface area contributed by atoms with Crippen molar-refractivity contribution < 1.29 is 0 Å². The van der Waals surface area contributed by atoms with E-state index in [4.69, 9.17) is 0 Å². The molecule has 2 saturated carbocycles. The van der Waals surface area contributed by atoms with E-state index in [1.165, 1.54) is 25.7 Å². The molecule has 1 N–H and O–H groups in total. The summed E-state index contributed by atoms with van der Waals surface area (Å²) in [7, 11) is 0. The molecule has 0 aromatic carbocycles. The second kappa shape index (κ2) is 6.70. The third-order valence-electron chi connectivity index (χ3n) is 8.80.